The number of nitro benzene ring substituents is 1. The van der Waals surface area contributed by atoms with E-state index in [0.717, 1.165) is 6.07 Å². The van der Waals surface area contributed by atoms with Crippen molar-refractivity contribution < 1.29 is 10.0 Å². The highest BCUT2D eigenvalue weighted by molar-refractivity contribution is 6.32. The molecule has 5 heteroatoms. The molecule has 1 aromatic carbocycles. The van der Waals surface area contributed by atoms with Crippen LogP contribution in [0.5, 0.6) is 5.75 Å². The molecule has 0 atom stereocenters. The van der Waals surface area contributed by atoms with Crippen LogP contribution in [-0.4, -0.2) is 4.92 Å². The molecule has 57 valence electrons. The topological polar surface area (TPSA) is 63.0 Å². The molecular weight excluding hydrogens is 170 g/mol. The standard InChI is InChI=1S/C6H3ClNO3/c7-4-2-1-3-5(9)6(4)8(10)11/h1-3H. The van der Waals surface area contributed by atoms with Gasteiger partial charge in [0.05, 0.1) is 4.92 Å². The Kier molecular flexibility index (Phi) is 1.96. The first kappa shape index (κ1) is 7.81. The van der Waals surface area contributed by atoms with E-state index in [-0.39, 0.29) is 5.02 Å². The molecule has 0 aromatic heterocycles. The number of hydrogen-bond donors (Lipinski definition) is 0. The van der Waals surface area contributed by atoms with Crippen molar-refractivity contribution in [1.29, 1.82) is 0 Å². The first-order valence-corrected chi connectivity index (χ1v) is 3.10. The summed E-state index contributed by atoms with van der Waals surface area (Å²) >= 11 is 5.38. The van der Waals surface area contributed by atoms with E-state index in [9.17, 15) is 15.2 Å². The van der Waals surface area contributed by atoms with Gasteiger partial charge in [-0.15, -0.1) is 0 Å². The third-order valence-electron chi connectivity index (χ3n) is 1.13. The molecule has 11 heavy (non-hydrogen) atoms. The smallest absolute Gasteiger partial charge is 0.282 e. The Bertz CT molecular complexity index is 280. The van der Waals surface area contributed by atoms with E-state index in [2.05, 4.69) is 0 Å². The summed E-state index contributed by atoms with van der Waals surface area (Å²) in [7, 11) is 0. The summed E-state index contributed by atoms with van der Waals surface area (Å²) in [6.07, 6.45) is 0. The van der Waals surface area contributed by atoms with Gasteiger partial charge in [0.25, 0.3) is 5.75 Å². The summed E-state index contributed by atoms with van der Waals surface area (Å²) < 4.78 is 0. The summed E-state index contributed by atoms with van der Waals surface area (Å²) in [6, 6.07) is 3.78. The minimum absolute atomic E-state index is 0.123. The Hall–Kier alpha value is -1.29. The number of nitrogens with zero attached hydrogens (tertiary/aromatic N) is 1. The van der Waals surface area contributed by atoms with Gasteiger partial charge in [0.15, 0.2) is 0 Å². The van der Waals surface area contributed by atoms with Crippen molar-refractivity contribution in [1.82, 2.24) is 0 Å². The van der Waals surface area contributed by atoms with Gasteiger partial charge >= 0.3 is 5.69 Å². The van der Waals surface area contributed by atoms with E-state index in [1.165, 1.54) is 12.1 Å². The highest BCUT2D eigenvalue weighted by atomic mass is 35.5. The van der Waals surface area contributed by atoms with Gasteiger partial charge in [0, 0.05) is 0 Å². The van der Waals surface area contributed by atoms with Crippen LogP contribution < -0.4 is 0 Å². The van der Waals surface area contributed by atoms with E-state index in [1.54, 1.807) is 0 Å². The summed E-state index contributed by atoms with van der Waals surface area (Å²) in [5.74, 6) is -0.664. The zero-order valence-corrected chi connectivity index (χ0v) is 6.04. The first-order valence-electron chi connectivity index (χ1n) is 2.73. The van der Waals surface area contributed by atoms with Gasteiger partial charge < -0.3 is 0 Å². The minimum atomic E-state index is -0.787. The number of para-hydroxylation sites is 1. The van der Waals surface area contributed by atoms with E-state index in [0.29, 0.717) is 0 Å². The lowest BCUT2D eigenvalue weighted by Gasteiger charge is -1.93. The number of benzene rings is 1. The second kappa shape index (κ2) is 2.75. The number of nitro groups is 1. The summed E-state index contributed by atoms with van der Waals surface area (Å²) in [6.45, 7) is 0. The van der Waals surface area contributed by atoms with Crippen LogP contribution in [0.15, 0.2) is 18.2 Å². The van der Waals surface area contributed by atoms with Gasteiger partial charge in [-0.2, -0.15) is 0 Å². The molecule has 1 aromatic rings. The van der Waals surface area contributed by atoms with E-state index in [1.807, 2.05) is 0 Å². The molecule has 1 radical (unpaired) electrons. The zero-order valence-electron chi connectivity index (χ0n) is 5.28. The maximum Gasteiger partial charge on any atom is 0.334 e. The first-order chi connectivity index (χ1) is 5.13. The van der Waals surface area contributed by atoms with Gasteiger partial charge in [0.2, 0.25) is 0 Å². The van der Waals surface area contributed by atoms with Gasteiger partial charge in [0.1, 0.15) is 5.02 Å². The van der Waals surface area contributed by atoms with Crippen molar-refractivity contribution >= 4 is 17.3 Å². The van der Waals surface area contributed by atoms with Crippen LogP contribution in [0.25, 0.3) is 0 Å². The maximum absolute atomic E-state index is 10.8. The van der Waals surface area contributed by atoms with Gasteiger partial charge in [-0.05, 0) is 12.1 Å². The molecule has 0 aliphatic rings. The van der Waals surface area contributed by atoms with Crippen molar-refractivity contribution in [3.8, 4) is 5.75 Å². The Morgan fingerprint density at radius 2 is 2.09 bits per heavy atom. The predicted molar refractivity (Wildman–Crippen MR) is 38.2 cm³/mol. The molecular formula is C6H3ClNO3. The van der Waals surface area contributed by atoms with Crippen LogP contribution >= 0.6 is 11.6 Å². The van der Waals surface area contributed by atoms with E-state index < -0.39 is 16.4 Å². The molecule has 0 aliphatic heterocycles. The normalized spacial score (nSPS) is 9.55. The Morgan fingerprint density at radius 3 is 2.45 bits per heavy atom. The number of rotatable bonds is 1. The molecule has 0 amide bonds. The van der Waals surface area contributed by atoms with Gasteiger partial charge in [-0.1, -0.05) is 17.7 Å². The number of hydrogen-bond acceptors (Lipinski definition) is 2. The third-order valence-corrected chi connectivity index (χ3v) is 1.44. The lowest BCUT2D eigenvalue weighted by Crippen LogP contribution is -1.88. The Morgan fingerprint density at radius 1 is 1.45 bits per heavy atom. The quantitative estimate of drug-likeness (QED) is 0.482. The van der Waals surface area contributed by atoms with E-state index in [4.69, 9.17) is 11.6 Å². The van der Waals surface area contributed by atoms with Crippen LogP contribution in [0.3, 0.4) is 0 Å². The SMILES string of the molecule is [O]c1cccc(Cl)c1[N+](=O)[O-]. The molecule has 0 fully saturated rings. The van der Waals surface area contributed by atoms with Gasteiger partial charge in [-0.3, -0.25) is 15.2 Å². The molecule has 4 nitrogen and oxygen atoms in total. The molecule has 0 bridgehead atoms. The molecule has 0 unspecified atom stereocenters. The third kappa shape index (κ3) is 1.40. The Balaban J connectivity index is 3.32. The van der Waals surface area contributed by atoms with Crippen molar-refractivity contribution in [3.05, 3.63) is 33.3 Å². The second-order valence-electron chi connectivity index (χ2n) is 1.84. The zero-order chi connectivity index (χ0) is 8.43. The minimum Gasteiger partial charge on any atom is -0.282 e. The van der Waals surface area contributed by atoms with Crippen molar-refractivity contribution in [3.63, 3.8) is 0 Å². The molecule has 1 rings (SSSR count). The van der Waals surface area contributed by atoms with E-state index >= 15 is 0 Å². The summed E-state index contributed by atoms with van der Waals surface area (Å²) in [4.78, 5) is 9.38. The summed E-state index contributed by atoms with van der Waals surface area (Å²) in [5.41, 5.74) is -0.561. The molecule has 0 saturated carbocycles. The Labute approximate surface area is 67.2 Å². The lowest BCUT2D eigenvalue weighted by atomic mass is 10.3. The van der Waals surface area contributed by atoms with Crippen LogP contribution in [-0.2, 0) is 5.11 Å². The van der Waals surface area contributed by atoms with Crippen LogP contribution in [0.4, 0.5) is 5.69 Å². The fourth-order valence-electron chi connectivity index (χ4n) is 0.673. The van der Waals surface area contributed by atoms with Crippen LogP contribution in [0.2, 0.25) is 5.02 Å². The second-order valence-corrected chi connectivity index (χ2v) is 2.25. The fourth-order valence-corrected chi connectivity index (χ4v) is 0.908. The summed E-state index contributed by atoms with van der Waals surface area (Å²) in [5, 5.41) is 20.8. The molecule has 0 spiro atoms. The van der Waals surface area contributed by atoms with Crippen molar-refractivity contribution in [2.75, 3.05) is 0 Å². The average molecular weight is 173 g/mol. The molecule has 0 aliphatic carbocycles. The highest BCUT2D eigenvalue weighted by Gasteiger charge is 2.18. The van der Waals surface area contributed by atoms with Crippen molar-refractivity contribution in [2.45, 2.75) is 0 Å². The largest absolute Gasteiger partial charge is 0.334 e. The molecule has 0 N–H and O–H groups in total. The highest BCUT2D eigenvalue weighted by Crippen LogP contribution is 2.33. The molecule has 0 saturated heterocycles. The average Bonchev–Trinajstić information content (AvgIpc) is 1.85. The lowest BCUT2D eigenvalue weighted by molar-refractivity contribution is -0.386. The van der Waals surface area contributed by atoms with Crippen molar-refractivity contribution in [2.24, 2.45) is 0 Å². The fraction of sp³-hybridized carbons (Fsp3) is 0. The number of halogens is 1. The monoisotopic (exact) mass is 172 g/mol. The predicted octanol–water partition coefficient (Wildman–Crippen LogP) is 2.39. The van der Waals surface area contributed by atoms with Crippen LogP contribution in [0, 0.1) is 10.1 Å². The maximum atomic E-state index is 10.8. The molecule has 0 heterocycles. The van der Waals surface area contributed by atoms with Gasteiger partial charge in [-0.25, -0.2) is 0 Å². The van der Waals surface area contributed by atoms with Crippen LogP contribution in [0.1, 0.15) is 0 Å².